The van der Waals surface area contributed by atoms with Gasteiger partial charge >= 0.3 is 0 Å². The third-order valence-electron chi connectivity index (χ3n) is 4.81. The van der Waals surface area contributed by atoms with E-state index in [-0.39, 0.29) is 0 Å². The van der Waals surface area contributed by atoms with E-state index in [2.05, 4.69) is 11.4 Å². The normalized spacial score (nSPS) is 22.7. The van der Waals surface area contributed by atoms with Gasteiger partial charge < -0.3 is 14.8 Å². The monoisotopic (exact) mass is 323 g/mol. The average Bonchev–Trinajstić information content (AvgIpc) is 3.03. The first-order valence-corrected chi connectivity index (χ1v) is 8.88. The molecule has 1 heterocycles. The average molecular weight is 324 g/mol. The number of hydrogen-bond donors (Lipinski definition) is 1. The number of methoxy groups -OCH3 is 1. The van der Waals surface area contributed by atoms with Crippen LogP contribution in [0.5, 0.6) is 11.5 Å². The molecule has 0 spiro atoms. The van der Waals surface area contributed by atoms with Crippen LogP contribution < -0.4 is 14.8 Å². The summed E-state index contributed by atoms with van der Waals surface area (Å²) in [5, 5.41) is 4.22. The molecule has 0 radical (unpaired) electrons. The molecule has 0 amide bonds. The number of piperidine rings is 1. The molecule has 3 rings (SSSR count). The number of hydrogen-bond acceptors (Lipinski definition) is 3. The molecule has 2 fully saturated rings. The van der Waals surface area contributed by atoms with Crippen molar-refractivity contribution in [2.45, 2.75) is 51.0 Å². The van der Waals surface area contributed by atoms with Gasteiger partial charge in [-0.3, -0.25) is 0 Å². The van der Waals surface area contributed by atoms with Crippen LogP contribution in [0.1, 0.15) is 44.1 Å². The lowest BCUT2D eigenvalue weighted by Crippen LogP contribution is -2.31. The molecule has 1 aliphatic carbocycles. The molecule has 1 saturated heterocycles. The Balaban J connectivity index is 1.82. The van der Waals surface area contributed by atoms with Gasteiger partial charge in [0.1, 0.15) is 0 Å². The van der Waals surface area contributed by atoms with E-state index in [0.717, 1.165) is 48.9 Å². The van der Waals surface area contributed by atoms with Crippen molar-refractivity contribution in [3.63, 3.8) is 0 Å². The van der Waals surface area contributed by atoms with Crippen molar-refractivity contribution in [1.29, 1.82) is 0 Å². The third-order valence-corrected chi connectivity index (χ3v) is 5.03. The van der Waals surface area contributed by atoms with Gasteiger partial charge in [0.2, 0.25) is 0 Å². The van der Waals surface area contributed by atoms with Gasteiger partial charge in [-0.2, -0.15) is 0 Å². The highest BCUT2D eigenvalue weighted by Crippen LogP contribution is 2.39. The summed E-state index contributed by atoms with van der Waals surface area (Å²) in [5.41, 5.74) is 1.20. The molecule has 1 atom stereocenters. The van der Waals surface area contributed by atoms with E-state index in [4.69, 9.17) is 21.1 Å². The zero-order valence-corrected chi connectivity index (χ0v) is 14.1. The lowest BCUT2D eigenvalue weighted by Gasteiger charge is -2.25. The topological polar surface area (TPSA) is 30.5 Å². The SMILES string of the molecule is COc1cc(Cl)cc(CC2CCCNC2)c1OC1CCCC1. The zero-order valence-electron chi connectivity index (χ0n) is 13.4. The van der Waals surface area contributed by atoms with E-state index in [9.17, 15) is 0 Å². The van der Waals surface area contributed by atoms with Crippen molar-refractivity contribution >= 4 is 11.6 Å². The van der Waals surface area contributed by atoms with E-state index < -0.39 is 0 Å². The van der Waals surface area contributed by atoms with Crippen LogP contribution in [0.2, 0.25) is 5.02 Å². The van der Waals surface area contributed by atoms with Crippen LogP contribution in [0, 0.1) is 5.92 Å². The Hall–Kier alpha value is -0.930. The molecule has 0 aromatic heterocycles. The maximum Gasteiger partial charge on any atom is 0.164 e. The number of rotatable bonds is 5. The standard InChI is InChI=1S/C18H26ClNO2/c1-21-17-11-15(19)10-14(9-13-5-4-8-20-12-13)18(17)22-16-6-2-3-7-16/h10-11,13,16,20H,2-9,12H2,1H3. The molecule has 1 N–H and O–H groups in total. The molecule has 2 aliphatic rings. The molecule has 3 nitrogen and oxygen atoms in total. The molecule has 1 saturated carbocycles. The summed E-state index contributed by atoms with van der Waals surface area (Å²) >= 11 is 6.28. The minimum absolute atomic E-state index is 0.332. The molecule has 1 aromatic carbocycles. The minimum Gasteiger partial charge on any atom is -0.493 e. The van der Waals surface area contributed by atoms with Crippen molar-refractivity contribution in [2.24, 2.45) is 5.92 Å². The fourth-order valence-electron chi connectivity index (χ4n) is 3.64. The molecule has 122 valence electrons. The first-order chi connectivity index (χ1) is 10.8. The molecule has 22 heavy (non-hydrogen) atoms. The maximum atomic E-state index is 6.32. The smallest absolute Gasteiger partial charge is 0.164 e. The highest BCUT2D eigenvalue weighted by molar-refractivity contribution is 6.30. The van der Waals surface area contributed by atoms with Crippen LogP contribution in [-0.4, -0.2) is 26.3 Å². The van der Waals surface area contributed by atoms with E-state index in [1.165, 1.54) is 31.2 Å². The fraction of sp³-hybridized carbons (Fsp3) is 0.667. The highest BCUT2D eigenvalue weighted by atomic mass is 35.5. The van der Waals surface area contributed by atoms with Crippen molar-refractivity contribution in [3.05, 3.63) is 22.7 Å². The second kappa shape index (κ2) is 7.56. The largest absolute Gasteiger partial charge is 0.493 e. The third kappa shape index (κ3) is 3.88. The molecule has 1 aliphatic heterocycles. The van der Waals surface area contributed by atoms with Crippen molar-refractivity contribution in [3.8, 4) is 11.5 Å². The maximum absolute atomic E-state index is 6.32. The van der Waals surface area contributed by atoms with Gasteiger partial charge in [-0.1, -0.05) is 11.6 Å². The van der Waals surface area contributed by atoms with Crippen LogP contribution in [-0.2, 0) is 6.42 Å². The van der Waals surface area contributed by atoms with Gasteiger partial charge in [0.25, 0.3) is 0 Å². The minimum atomic E-state index is 0.332. The summed E-state index contributed by atoms with van der Waals surface area (Å²) < 4.78 is 11.9. The van der Waals surface area contributed by atoms with E-state index in [1.807, 2.05) is 6.07 Å². The summed E-state index contributed by atoms with van der Waals surface area (Å²) in [6, 6.07) is 3.93. The second-order valence-electron chi connectivity index (χ2n) is 6.54. The number of halogens is 1. The Bertz CT molecular complexity index is 494. The summed E-state index contributed by atoms with van der Waals surface area (Å²) in [6.45, 7) is 2.22. The molecule has 1 aromatic rings. The zero-order chi connectivity index (χ0) is 15.4. The predicted octanol–water partition coefficient (Wildman–Crippen LogP) is 4.21. The fourth-order valence-corrected chi connectivity index (χ4v) is 3.87. The second-order valence-corrected chi connectivity index (χ2v) is 6.97. The molecule has 0 bridgehead atoms. The van der Waals surface area contributed by atoms with Gasteiger partial charge in [-0.25, -0.2) is 0 Å². The van der Waals surface area contributed by atoms with Crippen LogP contribution in [0.3, 0.4) is 0 Å². The summed E-state index contributed by atoms with van der Waals surface area (Å²) in [6.07, 6.45) is 8.69. The molecular formula is C18H26ClNO2. The molecular weight excluding hydrogens is 298 g/mol. The van der Waals surface area contributed by atoms with Crippen LogP contribution >= 0.6 is 11.6 Å². The van der Waals surface area contributed by atoms with Gasteiger partial charge in [0, 0.05) is 11.1 Å². The van der Waals surface area contributed by atoms with Crippen LogP contribution in [0.15, 0.2) is 12.1 Å². The van der Waals surface area contributed by atoms with Crippen molar-refractivity contribution in [2.75, 3.05) is 20.2 Å². The van der Waals surface area contributed by atoms with Crippen molar-refractivity contribution < 1.29 is 9.47 Å². The summed E-state index contributed by atoms with van der Waals surface area (Å²) in [5.74, 6) is 2.35. The first-order valence-electron chi connectivity index (χ1n) is 8.50. The van der Waals surface area contributed by atoms with Gasteiger partial charge in [-0.15, -0.1) is 0 Å². The first kappa shape index (κ1) is 15.9. The Labute approximate surface area is 138 Å². The quantitative estimate of drug-likeness (QED) is 0.880. The van der Waals surface area contributed by atoms with Crippen LogP contribution in [0.4, 0.5) is 0 Å². The Morgan fingerprint density at radius 3 is 2.68 bits per heavy atom. The molecule has 4 heteroatoms. The number of ether oxygens (including phenoxy) is 2. The Morgan fingerprint density at radius 2 is 2.00 bits per heavy atom. The van der Waals surface area contributed by atoms with E-state index >= 15 is 0 Å². The summed E-state index contributed by atoms with van der Waals surface area (Å²) in [4.78, 5) is 0. The van der Waals surface area contributed by atoms with Gasteiger partial charge in [0.15, 0.2) is 11.5 Å². The lowest BCUT2D eigenvalue weighted by molar-refractivity contribution is 0.197. The predicted molar refractivity (Wildman–Crippen MR) is 90.2 cm³/mol. The van der Waals surface area contributed by atoms with Gasteiger partial charge in [0.05, 0.1) is 13.2 Å². The van der Waals surface area contributed by atoms with Gasteiger partial charge in [-0.05, 0) is 75.6 Å². The molecule has 1 unspecified atom stereocenters. The van der Waals surface area contributed by atoms with E-state index in [1.54, 1.807) is 7.11 Å². The van der Waals surface area contributed by atoms with E-state index in [0.29, 0.717) is 12.0 Å². The lowest BCUT2D eigenvalue weighted by atomic mass is 9.92. The summed E-state index contributed by atoms with van der Waals surface area (Å²) in [7, 11) is 1.69. The number of nitrogens with one attached hydrogen (secondary N) is 1. The highest BCUT2D eigenvalue weighted by Gasteiger charge is 2.23. The van der Waals surface area contributed by atoms with Crippen LogP contribution in [0.25, 0.3) is 0 Å². The number of benzene rings is 1. The van der Waals surface area contributed by atoms with Crippen molar-refractivity contribution in [1.82, 2.24) is 5.32 Å². The Kier molecular flexibility index (Phi) is 5.48. The Morgan fingerprint density at radius 1 is 1.18 bits per heavy atom.